The molecule has 0 aliphatic heterocycles. The lowest BCUT2D eigenvalue weighted by molar-refractivity contribution is 0.332. The lowest BCUT2D eigenvalue weighted by Gasteiger charge is -2.28. The van der Waals surface area contributed by atoms with Gasteiger partial charge in [-0.05, 0) is 75.6 Å². The Hall–Kier alpha value is -0.890. The third kappa shape index (κ3) is 2.62. The fourth-order valence-electron chi connectivity index (χ4n) is 2.83. The quantitative estimate of drug-likeness (QED) is 0.829. The number of aromatic nitrogens is 1. The van der Waals surface area contributed by atoms with Crippen LogP contribution in [-0.4, -0.2) is 11.5 Å². The number of aryl methyl sites for hydroxylation is 2. The van der Waals surface area contributed by atoms with Crippen molar-refractivity contribution in [3.05, 3.63) is 29.1 Å². The molecule has 1 fully saturated rings. The Labute approximate surface area is 98.3 Å². The van der Waals surface area contributed by atoms with Crippen LogP contribution in [0.4, 0.5) is 0 Å². The monoisotopic (exact) mass is 218 g/mol. The number of hydrogen-bond acceptors (Lipinski definition) is 2. The van der Waals surface area contributed by atoms with Gasteiger partial charge < -0.3 is 5.73 Å². The molecular weight excluding hydrogens is 196 g/mol. The van der Waals surface area contributed by atoms with Crippen molar-refractivity contribution in [2.75, 3.05) is 6.54 Å². The summed E-state index contributed by atoms with van der Waals surface area (Å²) in [5.74, 6) is 1.50. The van der Waals surface area contributed by atoms with Crippen molar-refractivity contribution in [2.24, 2.45) is 11.7 Å². The smallest absolute Gasteiger partial charge is 0.0378 e. The Bertz CT molecular complexity index is 332. The van der Waals surface area contributed by atoms with Gasteiger partial charge in [-0.15, -0.1) is 0 Å². The second kappa shape index (κ2) is 4.96. The molecular formula is C14H22N2. The largest absolute Gasteiger partial charge is 0.330 e. The summed E-state index contributed by atoms with van der Waals surface area (Å²) in [6, 6.07) is 4.50. The zero-order valence-corrected chi connectivity index (χ0v) is 10.4. The second-order valence-corrected chi connectivity index (χ2v) is 5.14. The van der Waals surface area contributed by atoms with Gasteiger partial charge in [0.1, 0.15) is 0 Å². The molecule has 16 heavy (non-hydrogen) atoms. The van der Waals surface area contributed by atoms with E-state index in [9.17, 15) is 0 Å². The molecule has 0 amide bonds. The number of hydrogen-bond donors (Lipinski definition) is 1. The highest BCUT2D eigenvalue weighted by Crippen LogP contribution is 2.35. The van der Waals surface area contributed by atoms with Crippen LogP contribution in [0.2, 0.25) is 0 Å². The van der Waals surface area contributed by atoms with Gasteiger partial charge in [0, 0.05) is 11.4 Å². The van der Waals surface area contributed by atoms with Gasteiger partial charge in [-0.1, -0.05) is 0 Å². The Morgan fingerprint density at radius 2 is 1.69 bits per heavy atom. The molecule has 88 valence electrons. The van der Waals surface area contributed by atoms with Crippen molar-refractivity contribution < 1.29 is 0 Å². The Kier molecular flexibility index (Phi) is 3.59. The zero-order valence-electron chi connectivity index (χ0n) is 10.4. The van der Waals surface area contributed by atoms with E-state index >= 15 is 0 Å². The summed E-state index contributed by atoms with van der Waals surface area (Å²) in [5.41, 5.74) is 9.51. The van der Waals surface area contributed by atoms with Crippen LogP contribution in [-0.2, 0) is 0 Å². The Morgan fingerprint density at radius 1 is 1.12 bits per heavy atom. The van der Waals surface area contributed by atoms with E-state index < -0.39 is 0 Å². The maximum atomic E-state index is 5.73. The molecule has 1 aliphatic carbocycles. The van der Waals surface area contributed by atoms with Crippen LogP contribution in [0.15, 0.2) is 12.1 Å². The molecule has 0 saturated heterocycles. The molecule has 0 aromatic carbocycles. The van der Waals surface area contributed by atoms with E-state index in [1.54, 1.807) is 0 Å². The minimum atomic E-state index is 0.739. The summed E-state index contributed by atoms with van der Waals surface area (Å²) in [4.78, 5) is 4.44. The number of rotatable bonds is 2. The van der Waals surface area contributed by atoms with Crippen molar-refractivity contribution in [1.82, 2.24) is 4.98 Å². The predicted octanol–water partition coefficient (Wildman–Crippen LogP) is 2.93. The molecule has 1 aromatic rings. The highest BCUT2D eigenvalue weighted by molar-refractivity contribution is 5.24. The van der Waals surface area contributed by atoms with E-state index in [0.717, 1.165) is 29.8 Å². The summed E-state index contributed by atoms with van der Waals surface area (Å²) >= 11 is 0. The molecule has 0 radical (unpaired) electrons. The molecule has 0 unspecified atom stereocenters. The maximum Gasteiger partial charge on any atom is 0.0378 e. The van der Waals surface area contributed by atoms with Crippen LogP contribution in [0.5, 0.6) is 0 Å². The van der Waals surface area contributed by atoms with Gasteiger partial charge >= 0.3 is 0 Å². The summed E-state index contributed by atoms with van der Waals surface area (Å²) in [6.07, 6.45) is 5.18. The van der Waals surface area contributed by atoms with Gasteiger partial charge in [0.15, 0.2) is 0 Å². The lowest BCUT2D eigenvalue weighted by Crippen LogP contribution is -2.20. The number of pyridine rings is 1. The van der Waals surface area contributed by atoms with E-state index in [1.165, 1.54) is 31.2 Å². The minimum Gasteiger partial charge on any atom is -0.330 e. The SMILES string of the molecule is Cc1cc(C2CCC(CN)CC2)cc(C)n1. The molecule has 2 nitrogen and oxygen atoms in total. The van der Waals surface area contributed by atoms with E-state index in [0.29, 0.717) is 0 Å². The third-order valence-electron chi connectivity index (χ3n) is 3.76. The normalized spacial score (nSPS) is 25.7. The molecule has 1 heterocycles. The first-order chi connectivity index (χ1) is 7.69. The van der Waals surface area contributed by atoms with Crippen molar-refractivity contribution in [3.63, 3.8) is 0 Å². The minimum absolute atomic E-state index is 0.739. The predicted molar refractivity (Wildman–Crippen MR) is 67.5 cm³/mol. The van der Waals surface area contributed by atoms with Crippen LogP contribution in [0, 0.1) is 19.8 Å². The van der Waals surface area contributed by atoms with E-state index in [-0.39, 0.29) is 0 Å². The van der Waals surface area contributed by atoms with Crippen molar-refractivity contribution >= 4 is 0 Å². The summed E-state index contributed by atoms with van der Waals surface area (Å²) in [7, 11) is 0. The van der Waals surface area contributed by atoms with Gasteiger partial charge in [-0.25, -0.2) is 0 Å². The van der Waals surface area contributed by atoms with Gasteiger partial charge in [0.2, 0.25) is 0 Å². The Balaban J connectivity index is 2.08. The second-order valence-electron chi connectivity index (χ2n) is 5.14. The molecule has 1 saturated carbocycles. The van der Waals surface area contributed by atoms with E-state index in [1.807, 2.05) is 0 Å². The van der Waals surface area contributed by atoms with Crippen molar-refractivity contribution in [1.29, 1.82) is 0 Å². The fraction of sp³-hybridized carbons (Fsp3) is 0.643. The van der Waals surface area contributed by atoms with Gasteiger partial charge in [-0.3, -0.25) is 4.98 Å². The van der Waals surface area contributed by atoms with Crippen LogP contribution in [0.3, 0.4) is 0 Å². The van der Waals surface area contributed by atoms with Crippen molar-refractivity contribution in [3.8, 4) is 0 Å². The topological polar surface area (TPSA) is 38.9 Å². The van der Waals surface area contributed by atoms with E-state index in [4.69, 9.17) is 5.73 Å². The highest BCUT2D eigenvalue weighted by atomic mass is 14.7. The summed E-state index contributed by atoms with van der Waals surface area (Å²) in [6.45, 7) is 5.03. The van der Waals surface area contributed by atoms with Crippen LogP contribution in [0.1, 0.15) is 48.6 Å². The molecule has 2 rings (SSSR count). The number of nitrogens with two attached hydrogens (primary N) is 1. The molecule has 0 atom stereocenters. The first-order valence-corrected chi connectivity index (χ1v) is 6.34. The lowest BCUT2D eigenvalue weighted by atomic mass is 9.78. The maximum absolute atomic E-state index is 5.73. The van der Waals surface area contributed by atoms with E-state index in [2.05, 4.69) is 31.0 Å². The molecule has 1 aliphatic rings. The Morgan fingerprint density at radius 3 is 2.19 bits per heavy atom. The van der Waals surface area contributed by atoms with Crippen LogP contribution < -0.4 is 5.73 Å². The van der Waals surface area contributed by atoms with Gasteiger partial charge in [0.05, 0.1) is 0 Å². The van der Waals surface area contributed by atoms with Crippen molar-refractivity contribution in [2.45, 2.75) is 45.4 Å². The average Bonchev–Trinajstić information content (AvgIpc) is 2.28. The zero-order chi connectivity index (χ0) is 11.5. The first kappa shape index (κ1) is 11.6. The first-order valence-electron chi connectivity index (χ1n) is 6.34. The van der Waals surface area contributed by atoms with Gasteiger partial charge in [0.25, 0.3) is 0 Å². The highest BCUT2D eigenvalue weighted by Gasteiger charge is 2.21. The van der Waals surface area contributed by atoms with Crippen LogP contribution >= 0.6 is 0 Å². The van der Waals surface area contributed by atoms with Crippen LogP contribution in [0.25, 0.3) is 0 Å². The molecule has 1 aromatic heterocycles. The standard InChI is InChI=1S/C14H22N2/c1-10-7-14(8-11(2)16-10)13-5-3-12(9-15)4-6-13/h7-8,12-13H,3-6,9,15H2,1-2H3. The average molecular weight is 218 g/mol. The molecule has 2 N–H and O–H groups in total. The molecule has 0 bridgehead atoms. The number of nitrogens with zero attached hydrogens (tertiary/aromatic N) is 1. The third-order valence-corrected chi connectivity index (χ3v) is 3.76. The van der Waals surface area contributed by atoms with Gasteiger partial charge in [-0.2, -0.15) is 0 Å². The fourth-order valence-corrected chi connectivity index (χ4v) is 2.83. The molecule has 0 spiro atoms. The summed E-state index contributed by atoms with van der Waals surface area (Å²) in [5, 5.41) is 0. The summed E-state index contributed by atoms with van der Waals surface area (Å²) < 4.78 is 0. The molecule has 2 heteroatoms.